The number of rotatable bonds is 6. The molecule has 0 aliphatic heterocycles. The largest absolute Gasteiger partial charge is 0.493 e. The van der Waals surface area contributed by atoms with Crippen LogP contribution in [-0.4, -0.2) is 32.8 Å². The molecule has 0 bridgehead atoms. The van der Waals surface area contributed by atoms with Crippen LogP contribution in [0, 0.1) is 0 Å². The van der Waals surface area contributed by atoms with E-state index in [1.807, 2.05) is 5.32 Å². The van der Waals surface area contributed by atoms with Crippen LogP contribution in [0.25, 0.3) is 0 Å². The predicted octanol–water partition coefficient (Wildman–Crippen LogP) is 2.04. The summed E-state index contributed by atoms with van der Waals surface area (Å²) in [6.45, 7) is -1.38. The molecule has 0 saturated carbocycles. The van der Waals surface area contributed by atoms with Crippen LogP contribution in [0.2, 0.25) is 5.02 Å². The first-order valence-corrected chi connectivity index (χ1v) is 6.09. The lowest BCUT2D eigenvalue weighted by atomic mass is 10.1. The van der Waals surface area contributed by atoms with Crippen molar-refractivity contribution in [3.8, 4) is 11.5 Å². The van der Waals surface area contributed by atoms with Crippen molar-refractivity contribution in [1.29, 1.82) is 0 Å². The Bertz CT molecular complexity index is 523. The molecule has 0 aromatic heterocycles. The lowest BCUT2D eigenvalue weighted by Gasteiger charge is -2.20. The molecule has 1 atom stereocenters. The zero-order chi connectivity index (χ0) is 16.2. The van der Waals surface area contributed by atoms with E-state index in [-0.39, 0.29) is 22.1 Å². The number of ether oxygens (including phenoxy) is 2. The van der Waals surface area contributed by atoms with Crippen LogP contribution >= 0.6 is 11.6 Å². The first-order chi connectivity index (χ1) is 9.71. The van der Waals surface area contributed by atoms with Crippen molar-refractivity contribution < 1.29 is 27.4 Å². The highest BCUT2D eigenvalue weighted by Gasteiger charge is 2.31. The predicted molar refractivity (Wildman–Crippen MR) is 70.5 cm³/mol. The maximum absolute atomic E-state index is 12.3. The molecule has 118 valence electrons. The van der Waals surface area contributed by atoms with Crippen molar-refractivity contribution in [2.45, 2.75) is 12.2 Å². The second kappa shape index (κ2) is 6.86. The lowest BCUT2D eigenvalue weighted by molar-refractivity contribution is -0.130. The minimum Gasteiger partial charge on any atom is -0.493 e. The zero-order valence-corrected chi connectivity index (χ0v) is 12.0. The van der Waals surface area contributed by atoms with Crippen LogP contribution in [0.15, 0.2) is 12.1 Å². The molecular formula is C12H14ClF3N2O3. The smallest absolute Gasteiger partial charge is 0.401 e. The number of methoxy groups -OCH3 is 2. The van der Waals surface area contributed by atoms with Gasteiger partial charge in [-0.2, -0.15) is 13.2 Å². The number of alkyl halides is 3. The quantitative estimate of drug-likeness (QED) is 0.839. The van der Waals surface area contributed by atoms with Gasteiger partial charge in [0, 0.05) is 5.56 Å². The highest BCUT2D eigenvalue weighted by molar-refractivity contribution is 6.33. The van der Waals surface area contributed by atoms with Crippen molar-refractivity contribution in [2.75, 3.05) is 20.8 Å². The van der Waals surface area contributed by atoms with Crippen molar-refractivity contribution in [3.05, 3.63) is 22.7 Å². The van der Waals surface area contributed by atoms with E-state index in [2.05, 4.69) is 0 Å². The van der Waals surface area contributed by atoms with Gasteiger partial charge in [0.15, 0.2) is 11.5 Å². The van der Waals surface area contributed by atoms with E-state index in [0.717, 1.165) is 0 Å². The average Bonchev–Trinajstić information content (AvgIpc) is 2.38. The van der Waals surface area contributed by atoms with Gasteiger partial charge in [0.2, 0.25) is 5.91 Å². The van der Waals surface area contributed by atoms with Crippen LogP contribution in [0.4, 0.5) is 13.2 Å². The van der Waals surface area contributed by atoms with Gasteiger partial charge in [-0.25, -0.2) is 0 Å². The third kappa shape index (κ3) is 4.40. The molecular weight excluding hydrogens is 313 g/mol. The minimum absolute atomic E-state index is 0.0460. The van der Waals surface area contributed by atoms with Gasteiger partial charge in [-0.15, -0.1) is 0 Å². The maximum atomic E-state index is 12.3. The van der Waals surface area contributed by atoms with Crippen molar-refractivity contribution in [2.24, 2.45) is 5.73 Å². The van der Waals surface area contributed by atoms with Crippen molar-refractivity contribution in [3.63, 3.8) is 0 Å². The number of halogens is 4. The number of benzene rings is 1. The number of nitrogens with two attached hydrogens (primary N) is 1. The van der Waals surface area contributed by atoms with Gasteiger partial charge in [-0.1, -0.05) is 17.7 Å². The van der Waals surface area contributed by atoms with Crippen molar-refractivity contribution in [1.82, 2.24) is 5.32 Å². The summed E-state index contributed by atoms with van der Waals surface area (Å²) in [4.78, 5) is 11.4. The van der Waals surface area contributed by atoms with Gasteiger partial charge in [0.25, 0.3) is 0 Å². The standard InChI is InChI=1S/C12H14ClF3N2O3/c1-20-7-4-3-6(8(13)10(7)21-2)9(11(17)19)18-5-12(14,15)16/h3-4,9,18H,5H2,1-2H3,(H2,17,19). The third-order valence-corrected chi connectivity index (χ3v) is 3.01. The van der Waals surface area contributed by atoms with Gasteiger partial charge < -0.3 is 15.2 Å². The first kappa shape index (κ1) is 17.4. The molecule has 1 rings (SSSR count). The number of hydrogen-bond acceptors (Lipinski definition) is 4. The van der Waals surface area contributed by atoms with E-state index < -0.39 is 24.7 Å². The van der Waals surface area contributed by atoms with Gasteiger partial charge in [0.1, 0.15) is 6.04 Å². The Morgan fingerprint density at radius 3 is 2.43 bits per heavy atom. The van der Waals surface area contributed by atoms with Crippen LogP contribution in [0.1, 0.15) is 11.6 Å². The first-order valence-electron chi connectivity index (χ1n) is 5.71. The summed E-state index contributed by atoms with van der Waals surface area (Å²) in [5.41, 5.74) is 5.20. The Kier molecular flexibility index (Phi) is 5.68. The molecule has 0 aliphatic carbocycles. The molecule has 9 heteroatoms. The van der Waals surface area contributed by atoms with Crippen LogP contribution < -0.4 is 20.5 Å². The molecule has 0 spiro atoms. The summed E-state index contributed by atoms with van der Waals surface area (Å²) in [7, 11) is 2.69. The molecule has 21 heavy (non-hydrogen) atoms. The SMILES string of the molecule is COc1ccc(C(NCC(F)(F)F)C(N)=O)c(Cl)c1OC. The second-order valence-electron chi connectivity index (χ2n) is 4.04. The van der Waals surface area contributed by atoms with Gasteiger partial charge in [-0.3, -0.25) is 10.1 Å². The molecule has 0 aliphatic rings. The maximum Gasteiger partial charge on any atom is 0.401 e. The molecule has 5 nitrogen and oxygen atoms in total. The van der Waals surface area contributed by atoms with Crippen molar-refractivity contribution >= 4 is 17.5 Å². The van der Waals surface area contributed by atoms with E-state index in [1.54, 1.807) is 0 Å². The fourth-order valence-electron chi connectivity index (χ4n) is 1.71. The molecule has 0 heterocycles. The van der Waals surface area contributed by atoms with E-state index in [0.29, 0.717) is 0 Å². The monoisotopic (exact) mass is 326 g/mol. The van der Waals surface area contributed by atoms with Gasteiger partial charge >= 0.3 is 6.18 Å². The van der Waals surface area contributed by atoms with Gasteiger partial charge in [0.05, 0.1) is 25.8 Å². The van der Waals surface area contributed by atoms with Crippen LogP contribution in [0.5, 0.6) is 11.5 Å². The third-order valence-electron chi connectivity index (χ3n) is 2.62. The summed E-state index contributed by atoms with van der Waals surface area (Å²) in [5, 5.41) is 1.98. The summed E-state index contributed by atoms with van der Waals surface area (Å²) < 4.78 is 46.8. The summed E-state index contributed by atoms with van der Waals surface area (Å²) >= 11 is 6.05. The van der Waals surface area contributed by atoms with Gasteiger partial charge in [-0.05, 0) is 6.07 Å². The van der Waals surface area contributed by atoms with E-state index in [1.165, 1.54) is 26.4 Å². The number of carbonyl (C=O) groups excluding carboxylic acids is 1. The Labute approximate surface area is 124 Å². The molecule has 0 saturated heterocycles. The Hall–Kier alpha value is -1.67. The number of primary amides is 1. The number of carbonyl (C=O) groups is 1. The fraction of sp³-hybridized carbons (Fsp3) is 0.417. The Balaban J connectivity index is 3.17. The average molecular weight is 327 g/mol. The Morgan fingerprint density at radius 2 is 2.00 bits per heavy atom. The summed E-state index contributed by atoms with van der Waals surface area (Å²) in [5.74, 6) is -0.601. The number of hydrogen-bond donors (Lipinski definition) is 2. The van der Waals surface area contributed by atoms with Crippen LogP contribution in [0.3, 0.4) is 0 Å². The fourth-order valence-corrected chi connectivity index (χ4v) is 2.05. The summed E-state index contributed by atoms with van der Waals surface area (Å²) in [6, 6.07) is 1.37. The topological polar surface area (TPSA) is 73.6 Å². The zero-order valence-electron chi connectivity index (χ0n) is 11.3. The highest BCUT2D eigenvalue weighted by Crippen LogP contribution is 2.39. The highest BCUT2D eigenvalue weighted by atomic mass is 35.5. The molecule has 1 aromatic rings. The molecule has 1 unspecified atom stereocenters. The van der Waals surface area contributed by atoms with E-state index in [4.69, 9.17) is 26.8 Å². The Morgan fingerprint density at radius 1 is 1.38 bits per heavy atom. The second-order valence-corrected chi connectivity index (χ2v) is 4.41. The minimum atomic E-state index is -4.49. The van der Waals surface area contributed by atoms with E-state index in [9.17, 15) is 18.0 Å². The molecule has 0 fully saturated rings. The van der Waals surface area contributed by atoms with Crippen LogP contribution in [-0.2, 0) is 4.79 Å². The molecule has 1 aromatic carbocycles. The van der Waals surface area contributed by atoms with E-state index >= 15 is 0 Å². The number of nitrogens with one attached hydrogen (secondary N) is 1. The summed E-state index contributed by atoms with van der Waals surface area (Å²) in [6.07, 6.45) is -4.49. The molecule has 1 amide bonds. The normalized spacial score (nSPS) is 12.9. The molecule has 0 radical (unpaired) electrons. The lowest BCUT2D eigenvalue weighted by Crippen LogP contribution is -2.39. The number of amides is 1. The molecule has 3 N–H and O–H groups in total.